The smallest absolute Gasteiger partial charge is 0.257 e. The lowest BCUT2D eigenvalue weighted by Gasteiger charge is -2.21. The van der Waals surface area contributed by atoms with Gasteiger partial charge in [0, 0.05) is 11.5 Å². The molecule has 1 aliphatic rings. The first-order valence-corrected chi connectivity index (χ1v) is 7.64. The number of hydrazine groups is 1. The zero-order valence-corrected chi connectivity index (χ0v) is 12.8. The van der Waals surface area contributed by atoms with E-state index < -0.39 is 11.7 Å². The highest BCUT2D eigenvalue weighted by Crippen LogP contribution is 2.23. The zero-order valence-electron chi connectivity index (χ0n) is 12.0. The third-order valence-corrected chi connectivity index (χ3v) is 3.81. The van der Waals surface area contributed by atoms with Crippen LogP contribution in [0.3, 0.4) is 0 Å². The summed E-state index contributed by atoms with van der Waals surface area (Å²) in [6, 6.07) is 5.09. The fourth-order valence-electron chi connectivity index (χ4n) is 2.39. The lowest BCUT2D eigenvalue weighted by atomic mass is 9.89. The van der Waals surface area contributed by atoms with Gasteiger partial charge in [0.25, 0.3) is 5.91 Å². The standard InChI is InChI=1S/C15H18FN3O2S/c16-12-8-6-11(7-9-12)13(20)17-15(22)19-18-14(21)10-4-2-1-3-5-10/h6-10H,1-5H2,(H,18,21)(H2,17,19,20,22). The number of halogens is 1. The number of benzene rings is 1. The van der Waals surface area contributed by atoms with E-state index in [4.69, 9.17) is 12.2 Å². The van der Waals surface area contributed by atoms with E-state index in [0.29, 0.717) is 0 Å². The van der Waals surface area contributed by atoms with Gasteiger partial charge < -0.3 is 0 Å². The van der Waals surface area contributed by atoms with Gasteiger partial charge in [-0.25, -0.2) is 4.39 Å². The fraction of sp³-hybridized carbons (Fsp3) is 0.400. The highest BCUT2D eigenvalue weighted by Gasteiger charge is 2.21. The topological polar surface area (TPSA) is 70.2 Å². The summed E-state index contributed by atoms with van der Waals surface area (Å²) in [7, 11) is 0. The van der Waals surface area contributed by atoms with E-state index in [1.54, 1.807) is 0 Å². The van der Waals surface area contributed by atoms with Crippen molar-refractivity contribution in [1.82, 2.24) is 16.2 Å². The predicted molar refractivity (Wildman–Crippen MR) is 84.3 cm³/mol. The minimum Gasteiger partial charge on any atom is -0.298 e. The van der Waals surface area contributed by atoms with Gasteiger partial charge in [-0.05, 0) is 49.3 Å². The first-order valence-electron chi connectivity index (χ1n) is 7.23. The molecule has 1 aromatic rings. The minimum absolute atomic E-state index is 0.00140. The van der Waals surface area contributed by atoms with Crippen LogP contribution in [0.15, 0.2) is 24.3 Å². The van der Waals surface area contributed by atoms with Crippen molar-refractivity contribution in [2.24, 2.45) is 5.92 Å². The van der Waals surface area contributed by atoms with Crippen LogP contribution in [0.1, 0.15) is 42.5 Å². The normalized spacial score (nSPS) is 15.0. The Balaban J connectivity index is 1.76. The molecule has 1 saturated carbocycles. The Morgan fingerprint density at radius 2 is 1.68 bits per heavy atom. The van der Waals surface area contributed by atoms with Crippen LogP contribution in [-0.2, 0) is 4.79 Å². The van der Waals surface area contributed by atoms with Gasteiger partial charge in [-0.15, -0.1) is 0 Å². The van der Waals surface area contributed by atoms with Crippen molar-refractivity contribution < 1.29 is 14.0 Å². The summed E-state index contributed by atoms with van der Waals surface area (Å²) >= 11 is 4.94. The molecule has 22 heavy (non-hydrogen) atoms. The molecule has 2 rings (SSSR count). The van der Waals surface area contributed by atoms with Gasteiger partial charge in [0.2, 0.25) is 5.91 Å². The number of carbonyl (C=O) groups is 2. The van der Waals surface area contributed by atoms with Crippen LogP contribution in [0.2, 0.25) is 0 Å². The first kappa shape index (κ1) is 16.4. The average Bonchev–Trinajstić information content (AvgIpc) is 2.54. The summed E-state index contributed by atoms with van der Waals surface area (Å²) in [5, 5.41) is 2.42. The first-order chi connectivity index (χ1) is 10.6. The van der Waals surface area contributed by atoms with E-state index in [2.05, 4.69) is 16.2 Å². The monoisotopic (exact) mass is 323 g/mol. The summed E-state index contributed by atoms with van der Waals surface area (Å²) in [6.45, 7) is 0. The summed E-state index contributed by atoms with van der Waals surface area (Å²) in [4.78, 5) is 23.7. The van der Waals surface area contributed by atoms with Crippen molar-refractivity contribution in [3.05, 3.63) is 35.6 Å². The number of hydrogen-bond donors (Lipinski definition) is 3. The summed E-state index contributed by atoms with van der Waals surface area (Å²) in [5.74, 6) is -1.00. The van der Waals surface area contributed by atoms with E-state index in [1.807, 2.05) is 0 Å². The second kappa shape index (κ2) is 7.84. The third kappa shape index (κ3) is 4.77. The molecule has 3 N–H and O–H groups in total. The number of amides is 2. The van der Waals surface area contributed by atoms with Gasteiger partial charge in [0.15, 0.2) is 5.11 Å². The second-order valence-corrected chi connectivity index (χ2v) is 5.65. The second-order valence-electron chi connectivity index (χ2n) is 5.24. The molecular formula is C15H18FN3O2S. The van der Waals surface area contributed by atoms with Gasteiger partial charge in [-0.1, -0.05) is 19.3 Å². The molecule has 0 heterocycles. The molecule has 0 aliphatic heterocycles. The number of thiocarbonyl (C=S) groups is 1. The van der Waals surface area contributed by atoms with Crippen LogP contribution in [-0.4, -0.2) is 16.9 Å². The lowest BCUT2D eigenvalue weighted by molar-refractivity contribution is -0.126. The molecular weight excluding hydrogens is 305 g/mol. The Morgan fingerprint density at radius 3 is 2.32 bits per heavy atom. The van der Waals surface area contributed by atoms with Gasteiger partial charge in [0.05, 0.1) is 0 Å². The maximum atomic E-state index is 12.8. The van der Waals surface area contributed by atoms with E-state index in [9.17, 15) is 14.0 Å². The Hall–Kier alpha value is -2.02. The molecule has 0 saturated heterocycles. The molecule has 2 amide bonds. The van der Waals surface area contributed by atoms with Gasteiger partial charge in [-0.3, -0.25) is 25.8 Å². The molecule has 1 aromatic carbocycles. The van der Waals surface area contributed by atoms with Gasteiger partial charge in [0.1, 0.15) is 5.82 Å². The Labute approximate surface area is 133 Å². The third-order valence-electron chi connectivity index (χ3n) is 3.61. The molecule has 0 unspecified atom stereocenters. The van der Waals surface area contributed by atoms with Crippen LogP contribution in [0.5, 0.6) is 0 Å². The van der Waals surface area contributed by atoms with Crippen LogP contribution < -0.4 is 16.2 Å². The van der Waals surface area contributed by atoms with Crippen LogP contribution in [0, 0.1) is 11.7 Å². The molecule has 5 nitrogen and oxygen atoms in total. The van der Waals surface area contributed by atoms with Crippen molar-refractivity contribution in [2.75, 3.05) is 0 Å². The number of carbonyl (C=O) groups excluding carboxylic acids is 2. The van der Waals surface area contributed by atoms with Crippen LogP contribution in [0.25, 0.3) is 0 Å². The van der Waals surface area contributed by atoms with E-state index in [0.717, 1.165) is 25.7 Å². The largest absolute Gasteiger partial charge is 0.298 e. The van der Waals surface area contributed by atoms with Crippen LogP contribution >= 0.6 is 12.2 Å². The maximum absolute atomic E-state index is 12.8. The minimum atomic E-state index is -0.468. The molecule has 1 fully saturated rings. The lowest BCUT2D eigenvalue weighted by Crippen LogP contribution is -2.50. The SMILES string of the molecule is O=C(NC(=S)NNC(=O)C1CCCCC1)c1ccc(F)cc1. The Morgan fingerprint density at radius 1 is 1.05 bits per heavy atom. The Kier molecular flexibility index (Phi) is 5.83. The van der Waals surface area contributed by atoms with Crippen molar-refractivity contribution in [3.63, 3.8) is 0 Å². The molecule has 0 aromatic heterocycles. The van der Waals surface area contributed by atoms with E-state index in [1.165, 1.54) is 30.7 Å². The van der Waals surface area contributed by atoms with Crippen molar-refractivity contribution in [2.45, 2.75) is 32.1 Å². The van der Waals surface area contributed by atoms with Crippen molar-refractivity contribution in [1.29, 1.82) is 0 Å². The molecule has 0 bridgehead atoms. The summed E-state index contributed by atoms with van der Waals surface area (Å²) < 4.78 is 12.8. The van der Waals surface area contributed by atoms with Gasteiger partial charge in [-0.2, -0.15) is 0 Å². The van der Waals surface area contributed by atoms with E-state index >= 15 is 0 Å². The quantitative estimate of drug-likeness (QED) is 0.575. The van der Waals surface area contributed by atoms with Gasteiger partial charge >= 0.3 is 0 Å². The molecule has 0 atom stereocenters. The molecule has 0 radical (unpaired) electrons. The number of nitrogens with one attached hydrogen (secondary N) is 3. The zero-order chi connectivity index (χ0) is 15.9. The highest BCUT2D eigenvalue weighted by molar-refractivity contribution is 7.80. The highest BCUT2D eigenvalue weighted by atomic mass is 32.1. The average molecular weight is 323 g/mol. The molecule has 1 aliphatic carbocycles. The molecule has 7 heteroatoms. The maximum Gasteiger partial charge on any atom is 0.257 e. The summed E-state index contributed by atoms with van der Waals surface area (Å²) in [5.41, 5.74) is 5.31. The molecule has 0 spiro atoms. The van der Waals surface area contributed by atoms with Crippen LogP contribution in [0.4, 0.5) is 4.39 Å². The molecule has 118 valence electrons. The van der Waals surface area contributed by atoms with Crippen molar-refractivity contribution >= 4 is 29.1 Å². The number of hydrogen-bond acceptors (Lipinski definition) is 3. The number of rotatable bonds is 2. The fourth-order valence-corrected chi connectivity index (χ4v) is 2.54. The summed E-state index contributed by atoms with van der Waals surface area (Å²) in [6.07, 6.45) is 5.04. The van der Waals surface area contributed by atoms with E-state index in [-0.39, 0.29) is 22.5 Å². The Bertz CT molecular complexity index is 556. The van der Waals surface area contributed by atoms with Crippen molar-refractivity contribution in [3.8, 4) is 0 Å². The predicted octanol–water partition coefficient (Wildman–Crippen LogP) is 2.04.